The summed E-state index contributed by atoms with van der Waals surface area (Å²) < 4.78 is 5.31. The van der Waals surface area contributed by atoms with Crippen LogP contribution in [0, 0.1) is 6.92 Å². The number of anilines is 2. The Labute approximate surface area is 175 Å². The van der Waals surface area contributed by atoms with Crippen LogP contribution < -0.4 is 15.0 Å². The normalized spacial score (nSPS) is 20.1. The quantitative estimate of drug-likeness (QED) is 0.825. The van der Waals surface area contributed by atoms with E-state index in [2.05, 4.69) is 5.32 Å². The Kier molecular flexibility index (Phi) is 4.97. The minimum absolute atomic E-state index is 0.00333. The molecule has 1 atom stereocenters. The predicted octanol–water partition coefficient (Wildman–Crippen LogP) is 3.33. The standard InChI is InChI=1S/C23H25N3O4/c1-15-8-9-19(30-3)17(14-15)24-20(27)11-13-25-22(29)16-6-4-5-7-18(16)26-21(28)10-12-23(25,26)2/h4-9,14H,10-13H2,1-3H3,(H,24,27)/t23-/m1/s1. The summed E-state index contributed by atoms with van der Waals surface area (Å²) in [5.74, 6) is 0.206. The van der Waals surface area contributed by atoms with Gasteiger partial charge in [-0.2, -0.15) is 0 Å². The van der Waals surface area contributed by atoms with Crippen molar-refractivity contribution >= 4 is 29.1 Å². The van der Waals surface area contributed by atoms with Crippen molar-refractivity contribution in [1.29, 1.82) is 0 Å². The number of methoxy groups -OCH3 is 1. The summed E-state index contributed by atoms with van der Waals surface area (Å²) in [5, 5.41) is 2.87. The lowest BCUT2D eigenvalue weighted by Gasteiger charge is -2.48. The van der Waals surface area contributed by atoms with E-state index in [0.717, 1.165) is 5.56 Å². The fraction of sp³-hybridized carbons (Fsp3) is 0.348. The molecule has 2 aliphatic heterocycles. The number of nitrogens with one attached hydrogen (secondary N) is 1. The van der Waals surface area contributed by atoms with Crippen molar-refractivity contribution in [1.82, 2.24) is 4.90 Å². The summed E-state index contributed by atoms with van der Waals surface area (Å²) in [6.07, 6.45) is 1.03. The molecular weight excluding hydrogens is 382 g/mol. The molecule has 0 spiro atoms. The SMILES string of the molecule is COc1ccc(C)cc1NC(=O)CCN1C(=O)c2ccccc2N2C(=O)CC[C@]12C. The van der Waals surface area contributed by atoms with Crippen LogP contribution in [0.4, 0.5) is 11.4 Å². The molecule has 1 fully saturated rings. The lowest BCUT2D eigenvalue weighted by Crippen LogP contribution is -2.62. The summed E-state index contributed by atoms with van der Waals surface area (Å²) >= 11 is 0. The monoisotopic (exact) mass is 407 g/mol. The second kappa shape index (κ2) is 7.48. The zero-order valence-corrected chi connectivity index (χ0v) is 17.4. The first-order chi connectivity index (χ1) is 14.3. The zero-order valence-electron chi connectivity index (χ0n) is 17.4. The van der Waals surface area contributed by atoms with E-state index in [1.807, 2.05) is 38.1 Å². The first kappa shape index (κ1) is 19.9. The van der Waals surface area contributed by atoms with Gasteiger partial charge in [0.25, 0.3) is 5.91 Å². The molecule has 0 aliphatic carbocycles. The van der Waals surface area contributed by atoms with Crippen LogP contribution >= 0.6 is 0 Å². The van der Waals surface area contributed by atoms with Gasteiger partial charge in [0.1, 0.15) is 11.4 Å². The molecule has 7 nitrogen and oxygen atoms in total. The van der Waals surface area contributed by atoms with Crippen molar-refractivity contribution in [2.75, 3.05) is 23.9 Å². The number of rotatable bonds is 5. The number of fused-ring (bicyclic) bond motifs is 3. The molecule has 2 aliphatic rings. The van der Waals surface area contributed by atoms with Gasteiger partial charge >= 0.3 is 0 Å². The average molecular weight is 407 g/mol. The molecule has 0 bridgehead atoms. The number of hydrogen-bond donors (Lipinski definition) is 1. The molecule has 0 saturated carbocycles. The molecule has 30 heavy (non-hydrogen) atoms. The topological polar surface area (TPSA) is 79.0 Å². The number of aryl methyl sites for hydroxylation is 1. The van der Waals surface area contributed by atoms with Crippen LogP contribution in [0.3, 0.4) is 0 Å². The van der Waals surface area contributed by atoms with Crippen molar-refractivity contribution in [2.45, 2.75) is 38.8 Å². The van der Waals surface area contributed by atoms with E-state index in [9.17, 15) is 14.4 Å². The first-order valence-corrected chi connectivity index (χ1v) is 10.0. The van der Waals surface area contributed by atoms with Crippen molar-refractivity contribution in [3.05, 3.63) is 53.6 Å². The number of amides is 3. The zero-order chi connectivity index (χ0) is 21.5. The molecular formula is C23H25N3O4. The van der Waals surface area contributed by atoms with Crippen LogP contribution in [0.25, 0.3) is 0 Å². The molecule has 0 radical (unpaired) electrons. The molecule has 7 heteroatoms. The van der Waals surface area contributed by atoms with E-state index < -0.39 is 5.66 Å². The summed E-state index contributed by atoms with van der Waals surface area (Å²) in [7, 11) is 1.55. The molecule has 2 heterocycles. The Morgan fingerprint density at radius 3 is 2.73 bits per heavy atom. The van der Waals surface area contributed by atoms with Crippen LogP contribution in [0.2, 0.25) is 0 Å². The summed E-state index contributed by atoms with van der Waals surface area (Å²) in [5.41, 5.74) is 1.98. The number of carbonyl (C=O) groups is 3. The second-order valence-electron chi connectivity index (χ2n) is 7.92. The Hall–Kier alpha value is -3.35. The van der Waals surface area contributed by atoms with Crippen LogP contribution in [0.1, 0.15) is 42.1 Å². The average Bonchev–Trinajstić information content (AvgIpc) is 3.03. The maximum atomic E-state index is 13.2. The first-order valence-electron chi connectivity index (χ1n) is 10.0. The lowest BCUT2D eigenvalue weighted by molar-refractivity contribution is -0.117. The Balaban J connectivity index is 1.55. The second-order valence-corrected chi connectivity index (χ2v) is 7.92. The van der Waals surface area contributed by atoms with Crippen molar-refractivity contribution in [3.8, 4) is 5.75 Å². The van der Waals surface area contributed by atoms with Gasteiger partial charge < -0.3 is 15.0 Å². The summed E-state index contributed by atoms with van der Waals surface area (Å²) in [6, 6.07) is 12.7. The van der Waals surface area contributed by atoms with Crippen molar-refractivity contribution < 1.29 is 19.1 Å². The predicted molar refractivity (Wildman–Crippen MR) is 114 cm³/mol. The van der Waals surface area contributed by atoms with Gasteiger partial charge in [-0.1, -0.05) is 18.2 Å². The van der Waals surface area contributed by atoms with Gasteiger partial charge in [0.05, 0.1) is 24.0 Å². The molecule has 2 aromatic carbocycles. The van der Waals surface area contributed by atoms with Gasteiger partial charge in [-0.3, -0.25) is 19.3 Å². The lowest BCUT2D eigenvalue weighted by atomic mass is 9.98. The van der Waals surface area contributed by atoms with E-state index >= 15 is 0 Å². The molecule has 0 aromatic heterocycles. The molecule has 156 valence electrons. The minimum atomic E-state index is -0.760. The number of ether oxygens (including phenoxy) is 1. The van der Waals surface area contributed by atoms with E-state index in [0.29, 0.717) is 35.5 Å². The number of carbonyl (C=O) groups excluding carboxylic acids is 3. The maximum Gasteiger partial charge on any atom is 0.257 e. The molecule has 4 rings (SSSR count). The van der Waals surface area contributed by atoms with Gasteiger partial charge in [-0.15, -0.1) is 0 Å². The molecule has 1 saturated heterocycles. The van der Waals surface area contributed by atoms with Crippen LogP contribution in [-0.4, -0.2) is 41.9 Å². The van der Waals surface area contributed by atoms with Gasteiger partial charge in [-0.25, -0.2) is 0 Å². The fourth-order valence-electron chi connectivity index (χ4n) is 4.39. The summed E-state index contributed by atoms with van der Waals surface area (Å²) in [6.45, 7) is 4.05. The van der Waals surface area contributed by atoms with Crippen LogP contribution in [-0.2, 0) is 9.59 Å². The third-order valence-electron chi connectivity index (χ3n) is 5.94. The smallest absolute Gasteiger partial charge is 0.257 e. The number of nitrogens with zero attached hydrogens (tertiary/aromatic N) is 2. The third-order valence-corrected chi connectivity index (χ3v) is 5.94. The Morgan fingerprint density at radius 2 is 1.97 bits per heavy atom. The highest BCUT2D eigenvalue weighted by molar-refractivity contribution is 6.10. The highest BCUT2D eigenvalue weighted by Gasteiger charge is 2.52. The van der Waals surface area contributed by atoms with E-state index in [-0.39, 0.29) is 30.7 Å². The minimum Gasteiger partial charge on any atom is -0.495 e. The maximum absolute atomic E-state index is 13.2. The van der Waals surface area contributed by atoms with Crippen molar-refractivity contribution in [2.24, 2.45) is 0 Å². The highest BCUT2D eigenvalue weighted by atomic mass is 16.5. The van der Waals surface area contributed by atoms with Gasteiger partial charge in [0.2, 0.25) is 11.8 Å². The van der Waals surface area contributed by atoms with E-state index in [1.165, 1.54) is 0 Å². The van der Waals surface area contributed by atoms with Gasteiger partial charge in [0.15, 0.2) is 0 Å². The Morgan fingerprint density at radius 1 is 1.20 bits per heavy atom. The molecule has 2 aromatic rings. The fourth-order valence-corrected chi connectivity index (χ4v) is 4.39. The van der Waals surface area contributed by atoms with Crippen LogP contribution in [0.5, 0.6) is 5.75 Å². The number of benzene rings is 2. The molecule has 3 amide bonds. The highest BCUT2D eigenvalue weighted by Crippen LogP contribution is 2.44. The third kappa shape index (κ3) is 3.20. The van der Waals surface area contributed by atoms with Crippen molar-refractivity contribution in [3.63, 3.8) is 0 Å². The van der Waals surface area contributed by atoms with Crippen LogP contribution in [0.15, 0.2) is 42.5 Å². The van der Waals surface area contributed by atoms with E-state index in [1.54, 1.807) is 35.1 Å². The van der Waals surface area contributed by atoms with Gasteiger partial charge in [-0.05, 0) is 50.1 Å². The number of para-hydroxylation sites is 1. The van der Waals surface area contributed by atoms with Gasteiger partial charge in [0, 0.05) is 19.4 Å². The van der Waals surface area contributed by atoms with E-state index in [4.69, 9.17) is 4.74 Å². The Bertz CT molecular complexity index is 1030. The number of hydrogen-bond acceptors (Lipinski definition) is 4. The molecule has 1 N–H and O–H groups in total. The largest absolute Gasteiger partial charge is 0.495 e. The summed E-state index contributed by atoms with van der Waals surface area (Å²) in [4.78, 5) is 41.9. The molecule has 0 unspecified atom stereocenters.